The van der Waals surface area contributed by atoms with Crippen molar-refractivity contribution in [1.29, 1.82) is 0 Å². The van der Waals surface area contributed by atoms with Gasteiger partial charge in [-0.2, -0.15) is 5.10 Å². The zero-order valence-electron chi connectivity index (χ0n) is 13.1. The Kier molecular flexibility index (Phi) is 4.46. The molecule has 3 aromatic rings. The topological polar surface area (TPSA) is 29.9 Å². The van der Waals surface area contributed by atoms with E-state index in [1.165, 1.54) is 18.4 Å². The molecule has 2 aromatic carbocycles. The summed E-state index contributed by atoms with van der Waals surface area (Å²) in [7, 11) is 0. The number of anilines is 1. The van der Waals surface area contributed by atoms with E-state index in [1.807, 2.05) is 22.9 Å². The van der Waals surface area contributed by atoms with Crippen LogP contribution in [0.1, 0.15) is 18.4 Å². The van der Waals surface area contributed by atoms with Crippen molar-refractivity contribution < 1.29 is 0 Å². The van der Waals surface area contributed by atoms with Gasteiger partial charge in [0, 0.05) is 26.6 Å². The number of rotatable bonds is 2. The van der Waals surface area contributed by atoms with E-state index < -0.39 is 0 Å². The maximum absolute atomic E-state index is 4.98. The van der Waals surface area contributed by atoms with Crippen molar-refractivity contribution in [1.82, 2.24) is 9.78 Å². The quantitative estimate of drug-likeness (QED) is 0.538. The average molecular weight is 447 g/mol. The SMILES string of the molecule is Brc1cccc(-c2nn(-c3ccccc3Br)c3c2CCCCN3)c1. The lowest BCUT2D eigenvalue weighted by atomic mass is 10.0. The third-order valence-electron chi connectivity index (χ3n) is 4.31. The first kappa shape index (κ1) is 15.9. The molecule has 1 N–H and O–H groups in total. The summed E-state index contributed by atoms with van der Waals surface area (Å²) in [6.45, 7) is 0.987. The Morgan fingerprint density at radius 1 is 1.00 bits per heavy atom. The molecule has 0 unspecified atom stereocenters. The second-order valence-corrected chi connectivity index (χ2v) is 7.70. The van der Waals surface area contributed by atoms with Gasteiger partial charge in [0.1, 0.15) is 5.82 Å². The van der Waals surface area contributed by atoms with E-state index in [-0.39, 0.29) is 0 Å². The van der Waals surface area contributed by atoms with Gasteiger partial charge in [0.25, 0.3) is 0 Å². The average Bonchev–Trinajstić information content (AvgIpc) is 2.77. The molecule has 0 fully saturated rings. The minimum absolute atomic E-state index is 0.987. The summed E-state index contributed by atoms with van der Waals surface area (Å²) in [5.74, 6) is 1.12. The Labute approximate surface area is 158 Å². The van der Waals surface area contributed by atoms with E-state index >= 15 is 0 Å². The van der Waals surface area contributed by atoms with Crippen LogP contribution in [0.5, 0.6) is 0 Å². The van der Waals surface area contributed by atoms with Crippen molar-refractivity contribution in [2.45, 2.75) is 19.3 Å². The van der Waals surface area contributed by atoms with E-state index in [4.69, 9.17) is 5.10 Å². The Hall–Kier alpha value is -1.59. The largest absolute Gasteiger partial charge is 0.370 e. The summed E-state index contributed by atoms with van der Waals surface area (Å²) in [5.41, 5.74) is 4.58. The van der Waals surface area contributed by atoms with Crippen LogP contribution in [-0.2, 0) is 6.42 Å². The van der Waals surface area contributed by atoms with Gasteiger partial charge in [0.2, 0.25) is 0 Å². The van der Waals surface area contributed by atoms with Crippen LogP contribution < -0.4 is 5.32 Å². The first-order valence-electron chi connectivity index (χ1n) is 8.10. The Bertz CT molecular complexity index is 886. The highest BCUT2D eigenvalue weighted by molar-refractivity contribution is 9.10. The number of nitrogens with zero attached hydrogens (tertiary/aromatic N) is 2. The second kappa shape index (κ2) is 6.73. The molecular weight excluding hydrogens is 430 g/mol. The minimum Gasteiger partial charge on any atom is -0.370 e. The summed E-state index contributed by atoms with van der Waals surface area (Å²) < 4.78 is 4.16. The maximum Gasteiger partial charge on any atom is 0.133 e. The second-order valence-electron chi connectivity index (χ2n) is 5.93. The van der Waals surface area contributed by atoms with Crippen LogP contribution in [0.15, 0.2) is 57.5 Å². The molecule has 0 amide bonds. The Morgan fingerprint density at radius 3 is 2.71 bits per heavy atom. The van der Waals surface area contributed by atoms with E-state index in [1.54, 1.807) is 0 Å². The molecule has 4 rings (SSSR count). The molecule has 0 atom stereocenters. The van der Waals surface area contributed by atoms with Crippen LogP contribution in [0.3, 0.4) is 0 Å². The van der Waals surface area contributed by atoms with E-state index in [0.717, 1.165) is 44.7 Å². The fourth-order valence-corrected chi connectivity index (χ4v) is 4.02. The van der Waals surface area contributed by atoms with Gasteiger partial charge < -0.3 is 5.32 Å². The predicted octanol–water partition coefficient (Wildman–Crippen LogP) is 5.81. The highest BCUT2D eigenvalue weighted by Gasteiger charge is 2.22. The van der Waals surface area contributed by atoms with Crippen molar-refractivity contribution in [3.63, 3.8) is 0 Å². The molecule has 0 bridgehead atoms. The number of benzene rings is 2. The van der Waals surface area contributed by atoms with Gasteiger partial charge in [-0.3, -0.25) is 0 Å². The first-order chi connectivity index (χ1) is 11.7. The van der Waals surface area contributed by atoms with Crippen LogP contribution in [0.2, 0.25) is 0 Å². The summed E-state index contributed by atoms with van der Waals surface area (Å²) >= 11 is 7.24. The number of halogens is 2. The molecule has 0 radical (unpaired) electrons. The summed E-state index contributed by atoms with van der Waals surface area (Å²) in [6.07, 6.45) is 3.42. The highest BCUT2D eigenvalue weighted by atomic mass is 79.9. The van der Waals surface area contributed by atoms with E-state index in [0.29, 0.717) is 0 Å². The van der Waals surface area contributed by atoms with Crippen molar-refractivity contribution in [3.8, 4) is 16.9 Å². The van der Waals surface area contributed by atoms with Crippen LogP contribution in [-0.4, -0.2) is 16.3 Å². The third kappa shape index (κ3) is 2.91. The smallest absolute Gasteiger partial charge is 0.133 e. The Morgan fingerprint density at radius 2 is 1.88 bits per heavy atom. The predicted molar refractivity (Wildman–Crippen MR) is 106 cm³/mol. The lowest BCUT2D eigenvalue weighted by molar-refractivity contribution is 0.780. The van der Waals surface area contributed by atoms with Gasteiger partial charge in [0.15, 0.2) is 0 Å². The fourth-order valence-electron chi connectivity index (χ4n) is 3.17. The molecule has 0 saturated carbocycles. The standard InChI is InChI=1S/C19H17Br2N3/c20-14-7-5-6-13(12-14)18-15-8-3-4-11-22-19(15)24(23-18)17-10-2-1-9-16(17)21/h1-2,5-7,9-10,12,22H,3-4,8,11H2. The van der Waals surface area contributed by atoms with Crippen molar-refractivity contribution in [2.24, 2.45) is 0 Å². The minimum atomic E-state index is 0.987. The van der Waals surface area contributed by atoms with Gasteiger partial charge in [-0.05, 0) is 59.5 Å². The summed E-state index contributed by atoms with van der Waals surface area (Å²) in [4.78, 5) is 0. The molecule has 1 aromatic heterocycles. The molecule has 5 heteroatoms. The maximum atomic E-state index is 4.98. The highest BCUT2D eigenvalue weighted by Crippen LogP contribution is 2.36. The van der Waals surface area contributed by atoms with Crippen molar-refractivity contribution in [2.75, 3.05) is 11.9 Å². The van der Waals surface area contributed by atoms with Gasteiger partial charge in [-0.15, -0.1) is 0 Å². The molecule has 1 aliphatic rings. The normalized spacial score (nSPS) is 13.9. The molecule has 0 saturated heterocycles. The number of hydrogen-bond acceptors (Lipinski definition) is 2. The molecular formula is C19H17Br2N3. The zero-order valence-corrected chi connectivity index (χ0v) is 16.3. The monoisotopic (exact) mass is 445 g/mol. The van der Waals surface area contributed by atoms with Crippen molar-refractivity contribution >= 4 is 37.7 Å². The molecule has 0 spiro atoms. The zero-order chi connectivity index (χ0) is 16.5. The molecule has 122 valence electrons. The first-order valence-corrected chi connectivity index (χ1v) is 9.69. The molecule has 24 heavy (non-hydrogen) atoms. The third-order valence-corrected chi connectivity index (χ3v) is 5.47. The summed E-state index contributed by atoms with van der Waals surface area (Å²) in [6, 6.07) is 16.6. The van der Waals surface area contributed by atoms with Gasteiger partial charge in [-0.25, -0.2) is 4.68 Å². The van der Waals surface area contributed by atoms with Crippen LogP contribution in [0.25, 0.3) is 16.9 Å². The van der Waals surface area contributed by atoms with E-state index in [9.17, 15) is 0 Å². The summed E-state index contributed by atoms with van der Waals surface area (Å²) in [5, 5.41) is 8.57. The van der Waals surface area contributed by atoms with Crippen LogP contribution in [0, 0.1) is 0 Å². The molecule has 0 aliphatic carbocycles. The van der Waals surface area contributed by atoms with E-state index in [2.05, 4.69) is 67.5 Å². The van der Waals surface area contributed by atoms with Gasteiger partial charge >= 0.3 is 0 Å². The molecule has 3 nitrogen and oxygen atoms in total. The van der Waals surface area contributed by atoms with Crippen LogP contribution >= 0.6 is 31.9 Å². The van der Waals surface area contributed by atoms with Gasteiger partial charge in [0.05, 0.1) is 11.4 Å². The lowest BCUT2D eigenvalue weighted by Crippen LogP contribution is -2.07. The van der Waals surface area contributed by atoms with Gasteiger partial charge in [-0.1, -0.05) is 40.2 Å². The Balaban J connectivity index is 1.94. The number of para-hydroxylation sites is 1. The number of hydrogen-bond donors (Lipinski definition) is 1. The molecule has 1 aliphatic heterocycles. The number of fused-ring (bicyclic) bond motifs is 1. The number of aromatic nitrogens is 2. The van der Waals surface area contributed by atoms with Crippen molar-refractivity contribution in [3.05, 3.63) is 63.0 Å². The number of nitrogens with one attached hydrogen (secondary N) is 1. The van der Waals surface area contributed by atoms with Crippen LogP contribution in [0.4, 0.5) is 5.82 Å². The molecule has 2 heterocycles. The lowest BCUT2D eigenvalue weighted by Gasteiger charge is -2.10. The fraction of sp³-hybridized carbons (Fsp3) is 0.211.